The molecule has 1 N–H and O–H groups in total. The molecule has 1 nitrogen and oxygen atoms in total. The average molecular weight is 258 g/mol. The van der Waals surface area contributed by atoms with Gasteiger partial charge in [-0.2, -0.15) is 0 Å². The Morgan fingerprint density at radius 2 is 1.88 bits per heavy atom. The van der Waals surface area contributed by atoms with Gasteiger partial charge in [-0.25, -0.2) is 4.39 Å². The SMILES string of the molecule is CCNC(c1c(F)cccc1Cl)C(CC)CC. The van der Waals surface area contributed by atoms with Gasteiger partial charge in [-0.05, 0) is 24.6 Å². The number of hydrogen-bond donors (Lipinski definition) is 1. The molecule has 96 valence electrons. The first-order valence-corrected chi connectivity index (χ1v) is 6.70. The molecule has 3 heteroatoms. The van der Waals surface area contributed by atoms with Crippen LogP contribution in [0.3, 0.4) is 0 Å². The second-order valence-electron chi connectivity index (χ2n) is 4.25. The fourth-order valence-corrected chi connectivity index (χ4v) is 2.57. The van der Waals surface area contributed by atoms with Crippen molar-refractivity contribution in [3.05, 3.63) is 34.6 Å². The van der Waals surface area contributed by atoms with E-state index in [1.807, 2.05) is 6.92 Å². The van der Waals surface area contributed by atoms with E-state index >= 15 is 0 Å². The highest BCUT2D eigenvalue weighted by Crippen LogP contribution is 2.33. The van der Waals surface area contributed by atoms with E-state index in [4.69, 9.17) is 11.6 Å². The first-order chi connectivity index (χ1) is 8.15. The minimum Gasteiger partial charge on any atom is -0.310 e. The Hall–Kier alpha value is -0.600. The van der Waals surface area contributed by atoms with Crippen molar-refractivity contribution in [2.24, 2.45) is 5.92 Å². The van der Waals surface area contributed by atoms with E-state index in [1.165, 1.54) is 6.07 Å². The molecular weight excluding hydrogens is 237 g/mol. The molecule has 1 atom stereocenters. The molecule has 1 aromatic rings. The molecule has 0 aromatic heterocycles. The van der Waals surface area contributed by atoms with Crippen LogP contribution in [0, 0.1) is 11.7 Å². The molecule has 0 heterocycles. The maximum absolute atomic E-state index is 13.9. The molecule has 1 rings (SSSR count). The van der Waals surface area contributed by atoms with Crippen molar-refractivity contribution in [3.8, 4) is 0 Å². The minimum absolute atomic E-state index is 0.00343. The van der Waals surface area contributed by atoms with Crippen LogP contribution in [-0.2, 0) is 0 Å². The van der Waals surface area contributed by atoms with Gasteiger partial charge in [0.15, 0.2) is 0 Å². The van der Waals surface area contributed by atoms with Crippen molar-refractivity contribution < 1.29 is 4.39 Å². The monoisotopic (exact) mass is 257 g/mol. The van der Waals surface area contributed by atoms with Gasteiger partial charge in [-0.3, -0.25) is 0 Å². The van der Waals surface area contributed by atoms with Gasteiger partial charge in [-0.1, -0.05) is 51.3 Å². The van der Waals surface area contributed by atoms with Crippen LogP contribution in [0.15, 0.2) is 18.2 Å². The summed E-state index contributed by atoms with van der Waals surface area (Å²) in [5, 5.41) is 3.87. The molecule has 0 amide bonds. The highest BCUT2D eigenvalue weighted by molar-refractivity contribution is 6.31. The fourth-order valence-electron chi connectivity index (χ4n) is 2.29. The Morgan fingerprint density at radius 3 is 2.35 bits per heavy atom. The van der Waals surface area contributed by atoms with E-state index in [-0.39, 0.29) is 11.9 Å². The van der Waals surface area contributed by atoms with Gasteiger partial charge in [0.2, 0.25) is 0 Å². The van der Waals surface area contributed by atoms with Crippen molar-refractivity contribution in [2.75, 3.05) is 6.54 Å². The third-order valence-electron chi connectivity index (χ3n) is 3.25. The van der Waals surface area contributed by atoms with Crippen LogP contribution in [0.2, 0.25) is 5.02 Å². The Kier molecular flexibility index (Phi) is 5.93. The zero-order valence-electron chi connectivity index (χ0n) is 10.8. The van der Waals surface area contributed by atoms with Crippen molar-refractivity contribution in [1.82, 2.24) is 5.32 Å². The third-order valence-corrected chi connectivity index (χ3v) is 3.58. The normalized spacial score (nSPS) is 13.1. The first kappa shape index (κ1) is 14.5. The molecule has 0 aliphatic heterocycles. The predicted molar refractivity (Wildman–Crippen MR) is 71.9 cm³/mol. The molecule has 0 spiro atoms. The van der Waals surface area contributed by atoms with Gasteiger partial charge >= 0.3 is 0 Å². The smallest absolute Gasteiger partial charge is 0.129 e. The van der Waals surface area contributed by atoms with Crippen LogP contribution in [0.25, 0.3) is 0 Å². The van der Waals surface area contributed by atoms with Gasteiger partial charge in [-0.15, -0.1) is 0 Å². The summed E-state index contributed by atoms with van der Waals surface area (Å²) in [6.45, 7) is 7.11. The molecule has 0 bridgehead atoms. The standard InChI is InChI=1S/C14H21ClFN/c1-4-10(5-2)14(17-6-3)13-11(15)8-7-9-12(13)16/h7-10,14,17H,4-6H2,1-3H3. The maximum Gasteiger partial charge on any atom is 0.129 e. The Morgan fingerprint density at radius 1 is 1.24 bits per heavy atom. The van der Waals surface area contributed by atoms with Crippen molar-refractivity contribution in [3.63, 3.8) is 0 Å². The van der Waals surface area contributed by atoms with E-state index in [1.54, 1.807) is 12.1 Å². The highest BCUT2D eigenvalue weighted by atomic mass is 35.5. The molecule has 0 radical (unpaired) electrons. The summed E-state index contributed by atoms with van der Waals surface area (Å²) >= 11 is 6.14. The van der Waals surface area contributed by atoms with Crippen molar-refractivity contribution in [2.45, 2.75) is 39.7 Å². The Labute approximate surface area is 108 Å². The zero-order valence-corrected chi connectivity index (χ0v) is 11.5. The zero-order chi connectivity index (χ0) is 12.8. The number of rotatable bonds is 6. The topological polar surface area (TPSA) is 12.0 Å². The molecule has 17 heavy (non-hydrogen) atoms. The van der Waals surface area contributed by atoms with Gasteiger partial charge < -0.3 is 5.32 Å². The lowest BCUT2D eigenvalue weighted by atomic mass is 9.88. The van der Waals surface area contributed by atoms with Crippen LogP contribution in [-0.4, -0.2) is 6.54 Å². The predicted octanol–water partition coefficient (Wildman–Crippen LogP) is 4.57. The van der Waals surface area contributed by atoms with E-state index in [9.17, 15) is 4.39 Å². The number of hydrogen-bond acceptors (Lipinski definition) is 1. The van der Waals surface area contributed by atoms with Crippen molar-refractivity contribution in [1.29, 1.82) is 0 Å². The van der Waals surface area contributed by atoms with Crippen LogP contribution in [0.1, 0.15) is 45.2 Å². The molecule has 0 fully saturated rings. The molecule has 1 aromatic carbocycles. The fraction of sp³-hybridized carbons (Fsp3) is 0.571. The Balaban J connectivity index is 3.12. The van der Waals surface area contributed by atoms with Gasteiger partial charge in [0, 0.05) is 16.6 Å². The average Bonchev–Trinajstić information content (AvgIpc) is 2.30. The first-order valence-electron chi connectivity index (χ1n) is 6.32. The molecule has 0 aliphatic carbocycles. The summed E-state index contributed by atoms with van der Waals surface area (Å²) in [5.41, 5.74) is 0.615. The van der Waals surface area contributed by atoms with Crippen LogP contribution < -0.4 is 5.32 Å². The van der Waals surface area contributed by atoms with E-state index < -0.39 is 0 Å². The van der Waals surface area contributed by atoms with E-state index in [2.05, 4.69) is 19.2 Å². The summed E-state index contributed by atoms with van der Waals surface area (Å²) in [6.07, 6.45) is 2.03. The number of nitrogens with one attached hydrogen (secondary N) is 1. The second kappa shape index (κ2) is 6.97. The number of halogens is 2. The highest BCUT2D eigenvalue weighted by Gasteiger charge is 2.24. The lowest BCUT2D eigenvalue weighted by Crippen LogP contribution is -2.29. The summed E-state index contributed by atoms with van der Waals surface area (Å²) in [4.78, 5) is 0. The molecule has 0 saturated carbocycles. The number of benzene rings is 1. The van der Waals surface area contributed by atoms with Gasteiger partial charge in [0.05, 0.1) is 0 Å². The maximum atomic E-state index is 13.9. The molecular formula is C14H21ClFN. The van der Waals surface area contributed by atoms with Crippen LogP contribution in [0.4, 0.5) is 4.39 Å². The second-order valence-corrected chi connectivity index (χ2v) is 4.65. The van der Waals surface area contributed by atoms with Gasteiger partial charge in [0.25, 0.3) is 0 Å². The minimum atomic E-state index is -0.213. The van der Waals surface area contributed by atoms with E-state index in [0.29, 0.717) is 16.5 Å². The lowest BCUT2D eigenvalue weighted by molar-refractivity contribution is 0.338. The summed E-state index contributed by atoms with van der Waals surface area (Å²) in [6, 6.07) is 4.89. The van der Waals surface area contributed by atoms with Crippen LogP contribution in [0.5, 0.6) is 0 Å². The third kappa shape index (κ3) is 3.43. The van der Waals surface area contributed by atoms with Crippen molar-refractivity contribution >= 4 is 11.6 Å². The van der Waals surface area contributed by atoms with E-state index in [0.717, 1.165) is 19.4 Å². The molecule has 0 saturated heterocycles. The summed E-state index contributed by atoms with van der Waals surface area (Å²) in [5.74, 6) is 0.194. The quantitative estimate of drug-likeness (QED) is 0.787. The largest absolute Gasteiger partial charge is 0.310 e. The molecule has 1 unspecified atom stereocenters. The lowest BCUT2D eigenvalue weighted by Gasteiger charge is -2.27. The van der Waals surface area contributed by atoms with Gasteiger partial charge in [0.1, 0.15) is 5.82 Å². The summed E-state index contributed by atoms with van der Waals surface area (Å²) in [7, 11) is 0. The Bertz CT molecular complexity index is 330. The summed E-state index contributed by atoms with van der Waals surface area (Å²) < 4.78 is 13.9. The van der Waals surface area contributed by atoms with Crippen LogP contribution >= 0.6 is 11.6 Å². The molecule has 0 aliphatic rings.